The molecule has 2 saturated heterocycles. The van der Waals surface area contributed by atoms with Crippen LogP contribution in [-0.2, 0) is 18.0 Å². The molecular weight excluding hydrogens is 409 g/mol. The second-order valence-electron chi connectivity index (χ2n) is 8.13. The lowest BCUT2D eigenvalue weighted by atomic mass is 10.1. The third-order valence-electron chi connectivity index (χ3n) is 5.73. The van der Waals surface area contributed by atoms with E-state index in [1.54, 1.807) is 30.6 Å². The van der Waals surface area contributed by atoms with Crippen molar-refractivity contribution in [3.8, 4) is 11.1 Å². The fourth-order valence-corrected chi connectivity index (χ4v) is 3.85. The van der Waals surface area contributed by atoms with Crippen molar-refractivity contribution in [3.63, 3.8) is 0 Å². The summed E-state index contributed by atoms with van der Waals surface area (Å²) >= 11 is 0. The molecular formula is C24H24FN5O2. The predicted octanol–water partition coefficient (Wildman–Crippen LogP) is 2.85. The third-order valence-corrected chi connectivity index (χ3v) is 5.73. The SMILES string of the molecule is OCc1cccc(-c2cnc(N3CC(=NOC4CN(Cc5ccccc5)C4)C3)nc2)c1F. The molecule has 1 N–H and O–H groups in total. The summed E-state index contributed by atoms with van der Waals surface area (Å²) < 4.78 is 14.4. The van der Waals surface area contributed by atoms with Crippen LogP contribution in [-0.4, -0.2) is 58.0 Å². The summed E-state index contributed by atoms with van der Waals surface area (Å²) in [5.41, 5.74) is 3.47. The molecule has 32 heavy (non-hydrogen) atoms. The average molecular weight is 433 g/mol. The molecule has 2 aliphatic heterocycles. The molecule has 0 saturated carbocycles. The summed E-state index contributed by atoms with van der Waals surface area (Å²) in [5, 5.41) is 13.5. The highest BCUT2D eigenvalue weighted by Crippen LogP contribution is 2.25. The second kappa shape index (κ2) is 9.02. The number of halogens is 1. The van der Waals surface area contributed by atoms with Gasteiger partial charge in [0, 0.05) is 48.7 Å². The van der Waals surface area contributed by atoms with E-state index in [9.17, 15) is 9.50 Å². The van der Waals surface area contributed by atoms with Gasteiger partial charge < -0.3 is 14.8 Å². The van der Waals surface area contributed by atoms with E-state index >= 15 is 0 Å². The Hall–Kier alpha value is -3.36. The Bertz CT molecular complexity index is 1090. The molecule has 0 radical (unpaired) electrons. The molecule has 0 bridgehead atoms. The average Bonchev–Trinajstić information content (AvgIpc) is 2.77. The first kappa shape index (κ1) is 20.5. The highest BCUT2D eigenvalue weighted by molar-refractivity contribution is 5.98. The molecule has 0 atom stereocenters. The Morgan fingerprint density at radius 2 is 1.78 bits per heavy atom. The van der Waals surface area contributed by atoms with Gasteiger partial charge in [0.25, 0.3) is 0 Å². The fraction of sp³-hybridized carbons (Fsp3) is 0.292. The number of rotatable bonds is 7. The minimum absolute atomic E-state index is 0.139. The Kier molecular flexibility index (Phi) is 5.79. The standard InChI is InChI=1S/C24H24FN5O2/c25-23-18(16-31)7-4-8-22(23)19-9-26-24(27-10-19)30-12-20(13-30)28-32-21-14-29(15-21)11-17-5-2-1-3-6-17/h1-10,21,31H,11-16H2. The lowest BCUT2D eigenvalue weighted by Gasteiger charge is -2.38. The van der Waals surface area contributed by atoms with Crippen LogP contribution in [0.15, 0.2) is 66.1 Å². The summed E-state index contributed by atoms with van der Waals surface area (Å²) in [5.74, 6) is 0.129. The van der Waals surface area contributed by atoms with E-state index in [4.69, 9.17) is 4.84 Å². The van der Waals surface area contributed by atoms with Gasteiger partial charge in [-0.1, -0.05) is 53.7 Å². The van der Waals surface area contributed by atoms with Gasteiger partial charge in [-0.3, -0.25) is 4.90 Å². The lowest BCUT2D eigenvalue weighted by Crippen LogP contribution is -2.52. The maximum absolute atomic E-state index is 14.4. The first-order valence-corrected chi connectivity index (χ1v) is 10.6. The number of benzene rings is 2. The zero-order valence-corrected chi connectivity index (χ0v) is 17.6. The zero-order valence-electron chi connectivity index (χ0n) is 17.6. The van der Waals surface area contributed by atoms with Crippen LogP contribution in [0.1, 0.15) is 11.1 Å². The topological polar surface area (TPSA) is 74.1 Å². The predicted molar refractivity (Wildman–Crippen MR) is 120 cm³/mol. The van der Waals surface area contributed by atoms with Crippen molar-refractivity contribution in [2.75, 3.05) is 31.1 Å². The van der Waals surface area contributed by atoms with Crippen molar-refractivity contribution in [2.24, 2.45) is 5.16 Å². The maximum atomic E-state index is 14.4. The molecule has 0 amide bonds. The third kappa shape index (κ3) is 4.32. The minimum Gasteiger partial charge on any atom is -0.392 e. The van der Waals surface area contributed by atoms with Crippen molar-refractivity contribution in [2.45, 2.75) is 19.3 Å². The Morgan fingerprint density at radius 3 is 2.50 bits per heavy atom. The maximum Gasteiger partial charge on any atom is 0.225 e. The first-order chi connectivity index (χ1) is 15.7. The van der Waals surface area contributed by atoms with Gasteiger partial charge in [0.2, 0.25) is 5.95 Å². The van der Waals surface area contributed by atoms with Crippen LogP contribution in [0.4, 0.5) is 10.3 Å². The number of aromatic nitrogens is 2. The summed E-state index contributed by atoms with van der Waals surface area (Å²) in [4.78, 5) is 18.7. The second-order valence-corrected chi connectivity index (χ2v) is 8.13. The van der Waals surface area contributed by atoms with Crippen molar-refractivity contribution in [1.82, 2.24) is 14.9 Å². The van der Waals surface area contributed by atoms with Gasteiger partial charge in [-0.25, -0.2) is 14.4 Å². The van der Waals surface area contributed by atoms with E-state index in [0.717, 1.165) is 25.3 Å². The van der Waals surface area contributed by atoms with Crippen LogP contribution in [0, 0.1) is 5.82 Å². The number of anilines is 1. The van der Waals surface area contributed by atoms with Gasteiger partial charge in [-0.05, 0) is 5.56 Å². The van der Waals surface area contributed by atoms with Crippen LogP contribution in [0.5, 0.6) is 0 Å². The van der Waals surface area contributed by atoms with Gasteiger partial charge in [-0.2, -0.15) is 0 Å². The van der Waals surface area contributed by atoms with E-state index in [2.05, 4.69) is 44.3 Å². The fourth-order valence-electron chi connectivity index (χ4n) is 3.85. The number of oxime groups is 1. The van der Waals surface area contributed by atoms with Crippen molar-refractivity contribution >= 4 is 11.7 Å². The van der Waals surface area contributed by atoms with E-state index in [1.807, 2.05) is 11.0 Å². The molecule has 5 rings (SSSR count). The molecule has 2 fully saturated rings. The molecule has 8 heteroatoms. The summed E-state index contributed by atoms with van der Waals surface area (Å²) in [7, 11) is 0. The van der Waals surface area contributed by atoms with E-state index < -0.39 is 5.82 Å². The molecule has 2 aliphatic rings. The Labute approximate surface area is 185 Å². The van der Waals surface area contributed by atoms with Gasteiger partial charge in [-0.15, -0.1) is 0 Å². The highest BCUT2D eigenvalue weighted by atomic mass is 19.1. The summed E-state index contributed by atoms with van der Waals surface area (Å²) in [6.07, 6.45) is 3.34. The summed E-state index contributed by atoms with van der Waals surface area (Å²) in [6, 6.07) is 15.3. The molecule has 0 spiro atoms. The molecule has 1 aromatic heterocycles. The zero-order chi connectivity index (χ0) is 21.9. The van der Waals surface area contributed by atoms with Gasteiger partial charge in [0.05, 0.1) is 25.4 Å². The van der Waals surface area contributed by atoms with Crippen molar-refractivity contribution in [1.29, 1.82) is 0 Å². The molecule has 3 heterocycles. The minimum atomic E-state index is -0.444. The molecule has 164 valence electrons. The summed E-state index contributed by atoms with van der Waals surface area (Å²) in [6.45, 7) is 3.60. The van der Waals surface area contributed by atoms with Crippen LogP contribution in [0.2, 0.25) is 0 Å². The lowest BCUT2D eigenvalue weighted by molar-refractivity contribution is -0.0566. The number of aliphatic hydroxyl groups is 1. The van der Waals surface area contributed by atoms with E-state index in [-0.39, 0.29) is 18.3 Å². The van der Waals surface area contributed by atoms with Gasteiger partial charge in [0.15, 0.2) is 6.10 Å². The van der Waals surface area contributed by atoms with Crippen LogP contribution < -0.4 is 4.90 Å². The number of hydrogen-bond acceptors (Lipinski definition) is 7. The van der Waals surface area contributed by atoms with Crippen molar-refractivity contribution in [3.05, 3.63) is 77.9 Å². The van der Waals surface area contributed by atoms with Gasteiger partial charge in [0.1, 0.15) is 5.82 Å². The van der Waals surface area contributed by atoms with Crippen LogP contribution in [0.3, 0.4) is 0 Å². The van der Waals surface area contributed by atoms with Crippen molar-refractivity contribution < 1.29 is 14.3 Å². The Balaban J connectivity index is 1.09. The molecule has 2 aromatic carbocycles. The number of likely N-dealkylation sites (tertiary alicyclic amines) is 1. The number of aliphatic hydroxyl groups excluding tert-OH is 1. The van der Waals surface area contributed by atoms with Crippen LogP contribution in [0.25, 0.3) is 11.1 Å². The Morgan fingerprint density at radius 1 is 1.03 bits per heavy atom. The highest BCUT2D eigenvalue weighted by Gasteiger charge is 2.30. The van der Waals surface area contributed by atoms with E-state index in [0.29, 0.717) is 30.2 Å². The first-order valence-electron chi connectivity index (χ1n) is 10.6. The smallest absolute Gasteiger partial charge is 0.225 e. The molecule has 0 unspecified atom stereocenters. The monoisotopic (exact) mass is 433 g/mol. The van der Waals surface area contributed by atoms with E-state index in [1.165, 1.54) is 5.56 Å². The van der Waals surface area contributed by atoms with Gasteiger partial charge >= 0.3 is 0 Å². The van der Waals surface area contributed by atoms with Crippen LogP contribution >= 0.6 is 0 Å². The largest absolute Gasteiger partial charge is 0.392 e. The number of nitrogens with zero attached hydrogens (tertiary/aromatic N) is 5. The molecule has 7 nitrogen and oxygen atoms in total. The molecule has 0 aliphatic carbocycles. The number of hydrogen-bond donors (Lipinski definition) is 1. The quantitative estimate of drug-likeness (QED) is 0.578. The molecule has 3 aromatic rings. The normalized spacial score (nSPS) is 16.4.